The quantitative estimate of drug-likeness (QED) is 0.914. The predicted molar refractivity (Wildman–Crippen MR) is 85.8 cm³/mol. The third-order valence-corrected chi connectivity index (χ3v) is 3.99. The monoisotopic (exact) mass is 313 g/mol. The van der Waals surface area contributed by atoms with E-state index in [1.165, 1.54) is 18.2 Å². The number of hydrogen-bond donors (Lipinski definition) is 2. The van der Waals surface area contributed by atoms with Crippen LogP contribution in [0.25, 0.3) is 0 Å². The molecule has 23 heavy (non-hydrogen) atoms. The Labute approximate surface area is 134 Å². The molecule has 1 aliphatic heterocycles. The van der Waals surface area contributed by atoms with Crippen molar-refractivity contribution >= 4 is 5.91 Å². The topological polar surface area (TPSA) is 70.0 Å². The Morgan fingerprint density at radius 1 is 1.04 bits per heavy atom. The van der Waals surface area contributed by atoms with Crippen molar-refractivity contribution in [1.82, 2.24) is 4.90 Å². The Bertz CT molecular complexity index is 679. The predicted octanol–water partition coefficient (Wildman–Crippen LogP) is 2.78. The molecule has 2 aromatic rings. The SMILES string of the molecule is O=C(c1ccc(O)cc1O)N1CCC(Oc2ccccc2)CC1. The number of hydrogen-bond acceptors (Lipinski definition) is 4. The van der Waals surface area contributed by atoms with Crippen LogP contribution < -0.4 is 4.74 Å². The fourth-order valence-electron chi connectivity index (χ4n) is 2.74. The summed E-state index contributed by atoms with van der Waals surface area (Å²) in [6.45, 7) is 1.16. The minimum absolute atomic E-state index is 0.0611. The van der Waals surface area contributed by atoms with Crippen molar-refractivity contribution in [2.24, 2.45) is 0 Å². The van der Waals surface area contributed by atoms with Crippen LogP contribution in [0.1, 0.15) is 23.2 Å². The van der Waals surface area contributed by atoms with Gasteiger partial charge in [-0.05, 0) is 24.3 Å². The Balaban J connectivity index is 1.59. The van der Waals surface area contributed by atoms with Gasteiger partial charge in [-0.25, -0.2) is 0 Å². The molecular weight excluding hydrogens is 294 g/mol. The van der Waals surface area contributed by atoms with Crippen LogP contribution >= 0.6 is 0 Å². The molecular formula is C18H19NO4. The minimum atomic E-state index is -0.222. The molecule has 0 saturated carbocycles. The third kappa shape index (κ3) is 3.56. The molecule has 0 spiro atoms. The van der Waals surface area contributed by atoms with Crippen molar-refractivity contribution < 1.29 is 19.7 Å². The average molecular weight is 313 g/mol. The molecule has 2 N–H and O–H groups in total. The Morgan fingerprint density at radius 3 is 2.39 bits per heavy atom. The maximum absolute atomic E-state index is 12.4. The summed E-state index contributed by atoms with van der Waals surface area (Å²) in [6, 6.07) is 13.7. The van der Waals surface area contributed by atoms with Gasteiger partial charge in [-0.1, -0.05) is 18.2 Å². The van der Waals surface area contributed by atoms with Gasteiger partial charge in [-0.15, -0.1) is 0 Å². The first-order chi connectivity index (χ1) is 11.1. The van der Waals surface area contributed by atoms with E-state index in [1.807, 2.05) is 30.3 Å². The first kappa shape index (κ1) is 15.2. The number of aromatic hydroxyl groups is 2. The van der Waals surface area contributed by atoms with Crippen LogP contribution in [-0.2, 0) is 0 Å². The van der Waals surface area contributed by atoms with Gasteiger partial charge in [0, 0.05) is 32.0 Å². The van der Waals surface area contributed by atoms with E-state index in [1.54, 1.807) is 4.90 Å². The Kier molecular flexibility index (Phi) is 4.37. The van der Waals surface area contributed by atoms with Crippen LogP contribution in [0.15, 0.2) is 48.5 Å². The molecule has 1 saturated heterocycles. The smallest absolute Gasteiger partial charge is 0.257 e. The van der Waals surface area contributed by atoms with Crippen molar-refractivity contribution in [2.75, 3.05) is 13.1 Å². The summed E-state index contributed by atoms with van der Waals surface area (Å²) in [5.41, 5.74) is 0.213. The fraction of sp³-hybridized carbons (Fsp3) is 0.278. The van der Waals surface area contributed by atoms with E-state index in [9.17, 15) is 15.0 Å². The highest BCUT2D eigenvalue weighted by molar-refractivity contribution is 5.97. The summed E-state index contributed by atoms with van der Waals surface area (Å²) < 4.78 is 5.91. The zero-order valence-corrected chi connectivity index (χ0v) is 12.7. The number of likely N-dealkylation sites (tertiary alicyclic amines) is 1. The molecule has 0 atom stereocenters. The molecule has 1 fully saturated rings. The lowest BCUT2D eigenvalue weighted by atomic mass is 10.1. The summed E-state index contributed by atoms with van der Waals surface area (Å²) in [5, 5.41) is 19.1. The highest BCUT2D eigenvalue weighted by Gasteiger charge is 2.26. The van der Waals surface area contributed by atoms with Crippen molar-refractivity contribution in [2.45, 2.75) is 18.9 Å². The second-order valence-electron chi connectivity index (χ2n) is 5.62. The molecule has 3 rings (SSSR count). The van der Waals surface area contributed by atoms with Crippen molar-refractivity contribution in [1.29, 1.82) is 0 Å². The van der Waals surface area contributed by atoms with Gasteiger partial charge >= 0.3 is 0 Å². The average Bonchev–Trinajstić information content (AvgIpc) is 2.56. The molecule has 0 bridgehead atoms. The summed E-state index contributed by atoms with van der Waals surface area (Å²) in [6.07, 6.45) is 1.59. The Morgan fingerprint density at radius 2 is 1.74 bits per heavy atom. The fourth-order valence-corrected chi connectivity index (χ4v) is 2.74. The number of phenolic OH excluding ortho intramolecular Hbond substituents is 2. The van der Waals surface area contributed by atoms with Gasteiger partial charge in [0.2, 0.25) is 0 Å². The number of nitrogens with zero attached hydrogens (tertiary/aromatic N) is 1. The lowest BCUT2D eigenvalue weighted by molar-refractivity contribution is 0.0593. The third-order valence-electron chi connectivity index (χ3n) is 3.99. The number of carbonyl (C=O) groups is 1. The maximum Gasteiger partial charge on any atom is 0.257 e. The standard InChI is InChI=1S/C18H19NO4/c20-13-6-7-16(17(21)12-13)18(22)19-10-8-15(9-11-19)23-14-4-2-1-3-5-14/h1-7,12,15,20-21H,8-11H2. The van der Waals surface area contributed by atoms with Crippen molar-refractivity contribution in [3.63, 3.8) is 0 Å². The molecule has 0 aromatic heterocycles. The normalized spacial score (nSPS) is 15.4. The van der Waals surface area contributed by atoms with Crippen LogP contribution in [0.2, 0.25) is 0 Å². The van der Waals surface area contributed by atoms with Gasteiger partial charge in [-0.3, -0.25) is 4.79 Å². The second kappa shape index (κ2) is 6.60. The van der Waals surface area contributed by atoms with Crippen LogP contribution in [0.4, 0.5) is 0 Å². The number of piperidine rings is 1. The zero-order valence-electron chi connectivity index (χ0n) is 12.7. The maximum atomic E-state index is 12.4. The molecule has 0 aliphatic carbocycles. The Hall–Kier alpha value is -2.69. The minimum Gasteiger partial charge on any atom is -0.508 e. The van der Waals surface area contributed by atoms with E-state index in [2.05, 4.69) is 0 Å². The van der Waals surface area contributed by atoms with Crippen LogP contribution in [-0.4, -0.2) is 40.2 Å². The molecule has 2 aromatic carbocycles. The molecule has 1 amide bonds. The number of benzene rings is 2. The molecule has 1 heterocycles. The lowest BCUT2D eigenvalue weighted by Crippen LogP contribution is -2.41. The van der Waals surface area contributed by atoms with Gasteiger partial charge < -0.3 is 19.8 Å². The van der Waals surface area contributed by atoms with E-state index in [-0.39, 0.29) is 29.1 Å². The number of rotatable bonds is 3. The van der Waals surface area contributed by atoms with Crippen LogP contribution in [0, 0.1) is 0 Å². The van der Waals surface area contributed by atoms with Gasteiger partial charge in [0.1, 0.15) is 23.4 Å². The van der Waals surface area contributed by atoms with E-state index in [0.29, 0.717) is 13.1 Å². The number of amides is 1. The van der Waals surface area contributed by atoms with E-state index in [0.717, 1.165) is 18.6 Å². The van der Waals surface area contributed by atoms with E-state index in [4.69, 9.17) is 4.74 Å². The first-order valence-electron chi connectivity index (χ1n) is 7.66. The molecule has 120 valence electrons. The second-order valence-corrected chi connectivity index (χ2v) is 5.62. The summed E-state index contributed by atoms with van der Waals surface area (Å²) in [7, 11) is 0. The highest BCUT2D eigenvalue weighted by atomic mass is 16.5. The first-order valence-corrected chi connectivity index (χ1v) is 7.66. The largest absolute Gasteiger partial charge is 0.508 e. The van der Waals surface area contributed by atoms with Gasteiger partial charge in [0.25, 0.3) is 5.91 Å². The zero-order chi connectivity index (χ0) is 16.2. The molecule has 1 aliphatic rings. The van der Waals surface area contributed by atoms with Crippen LogP contribution in [0.3, 0.4) is 0 Å². The van der Waals surface area contributed by atoms with Gasteiger partial charge in [0.05, 0.1) is 5.56 Å². The van der Waals surface area contributed by atoms with E-state index < -0.39 is 0 Å². The number of ether oxygens (including phenoxy) is 1. The molecule has 5 heteroatoms. The van der Waals surface area contributed by atoms with Crippen molar-refractivity contribution in [3.8, 4) is 17.2 Å². The van der Waals surface area contributed by atoms with Crippen LogP contribution in [0.5, 0.6) is 17.2 Å². The summed E-state index contributed by atoms with van der Waals surface area (Å²) in [4.78, 5) is 14.1. The van der Waals surface area contributed by atoms with Gasteiger partial charge in [0.15, 0.2) is 0 Å². The number of carbonyl (C=O) groups excluding carboxylic acids is 1. The molecule has 0 radical (unpaired) electrons. The van der Waals surface area contributed by atoms with Crippen molar-refractivity contribution in [3.05, 3.63) is 54.1 Å². The molecule has 0 unspecified atom stereocenters. The lowest BCUT2D eigenvalue weighted by Gasteiger charge is -2.32. The van der Waals surface area contributed by atoms with E-state index >= 15 is 0 Å². The van der Waals surface area contributed by atoms with Gasteiger partial charge in [-0.2, -0.15) is 0 Å². The number of para-hydroxylation sites is 1. The highest BCUT2D eigenvalue weighted by Crippen LogP contribution is 2.26. The summed E-state index contributed by atoms with van der Waals surface area (Å²) in [5.74, 6) is 0.362. The molecule has 5 nitrogen and oxygen atoms in total. The number of phenols is 2. The summed E-state index contributed by atoms with van der Waals surface area (Å²) >= 11 is 0.